The van der Waals surface area contributed by atoms with Crippen molar-refractivity contribution in [1.29, 1.82) is 0 Å². The van der Waals surface area contributed by atoms with E-state index in [1.54, 1.807) is 6.92 Å². The first-order valence-corrected chi connectivity index (χ1v) is 11.5. The van der Waals surface area contributed by atoms with Crippen molar-refractivity contribution in [1.82, 2.24) is 9.80 Å². The molecule has 4 rings (SSSR count). The highest BCUT2D eigenvalue weighted by atomic mass is 16.5. The minimum atomic E-state index is -0.475. The summed E-state index contributed by atoms with van der Waals surface area (Å²) in [5.41, 5.74) is -0.122. The average molecular weight is 417 g/mol. The van der Waals surface area contributed by atoms with Gasteiger partial charge in [0.2, 0.25) is 5.91 Å². The number of aliphatic hydroxyl groups excluding tert-OH is 1. The van der Waals surface area contributed by atoms with Crippen LogP contribution in [-0.4, -0.2) is 77.5 Å². The second-order valence-corrected chi connectivity index (χ2v) is 9.30. The summed E-state index contributed by atoms with van der Waals surface area (Å²) < 4.78 is 12.4. The Labute approximate surface area is 180 Å². The summed E-state index contributed by atoms with van der Waals surface area (Å²) in [6.07, 6.45) is 6.11. The highest BCUT2D eigenvalue weighted by Gasteiger charge is 2.45. The summed E-state index contributed by atoms with van der Waals surface area (Å²) in [6.45, 7) is 4.22. The largest absolute Gasteiger partial charge is 0.488 e. The zero-order valence-electron chi connectivity index (χ0n) is 18.3. The third-order valence-corrected chi connectivity index (χ3v) is 7.48. The minimum absolute atomic E-state index is 0.122. The van der Waals surface area contributed by atoms with Gasteiger partial charge in [0.05, 0.1) is 5.60 Å². The summed E-state index contributed by atoms with van der Waals surface area (Å²) in [5, 5.41) is 11.1. The maximum atomic E-state index is 11.8. The standard InChI is InChI=1S/C24H36N2O4/c1-18(27)25(2)19-11-16-29-24(17-19)12-14-26(15-13-24)21-9-6-10-22(23(21)28)30-20-7-4-3-5-8-20/h3-5,7-8,19,21-23,28H,6,9-17H2,1-2H3/t19-,21-,22+,23+/m0/s1. The van der Waals surface area contributed by atoms with Gasteiger partial charge in [-0.2, -0.15) is 0 Å². The number of benzene rings is 1. The fourth-order valence-corrected chi connectivity index (χ4v) is 5.52. The molecule has 3 fully saturated rings. The monoisotopic (exact) mass is 416 g/mol. The van der Waals surface area contributed by atoms with E-state index in [1.807, 2.05) is 42.3 Å². The molecule has 0 bridgehead atoms. The normalized spacial score (nSPS) is 32.0. The maximum Gasteiger partial charge on any atom is 0.219 e. The topological polar surface area (TPSA) is 62.2 Å². The number of amides is 1. The first-order valence-electron chi connectivity index (χ1n) is 11.5. The van der Waals surface area contributed by atoms with Crippen molar-refractivity contribution >= 4 is 5.91 Å². The van der Waals surface area contributed by atoms with Gasteiger partial charge in [0.15, 0.2) is 0 Å². The van der Waals surface area contributed by atoms with Gasteiger partial charge in [0.25, 0.3) is 0 Å². The number of piperidine rings is 1. The molecule has 1 N–H and O–H groups in total. The number of carbonyl (C=O) groups excluding carboxylic acids is 1. The van der Waals surface area contributed by atoms with Crippen LogP contribution in [0.5, 0.6) is 5.75 Å². The lowest BCUT2D eigenvalue weighted by atomic mass is 9.80. The molecule has 1 aromatic rings. The molecule has 0 radical (unpaired) electrons. The fourth-order valence-electron chi connectivity index (χ4n) is 5.52. The van der Waals surface area contributed by atoms with Gasteiger partial charge in [-0.3, -0.25) is 9.69 Å². The first kappa shape index (κ1) is 21.6. The van der Waals surface area contributed by atoms with Crippen LogP contribution in [-0.2, 0) is 9.53 Å². The van der Waals surface area contributed by atoms with E-state index in [9.17, 15) is 9.90 Å². The quantitative estimate of drug-likeness (QED) is 0.818. The number of hydrogen-bond acceptors (Lipinski definition) is 5. The summed E-state index contributed by atoms with van der Waals surface area (Å²) in [5.74, 6) is 0.959. The highest BCUT2D eigenvalue weighted by molar-refractivity contribution is 5.73. The Balaban J connectivity index is 1.34. The molecule has 0 unspecified atom stereocenters. The van der Waals surface area contributed by atoms with Crippen LogP contribution in [0.25, 0.3) is 0 Å². The molecule has 1 aliphatic carbocycles. The summed E-state index contributed by atoms with van der Waals surface area (Å²) in [4.78, 5) is 16.1. The first-order chi connectivity index (χ1) is 14.5. The van der Waals surface area contributed by atoms with Crippen LogP contribution in [0.15, 0.2) is 30.3 Å². The molecule has 2 heterocycles. The van der Waals surface area contributed by atoms with Crippen LogP contribution >= 0.6 is 0 Å². The molecular weight excluding hydrogens is 380 g/mol. The number of para-hydroxylation sites is 1. The Morgan fingerprint density at radius 2 is 1.93 bits per heavy atom. The van der Waals surface area contributed by atoms with Crippen molar-refractivity contribution in [3.63, 3.8) is 0 Å². The van der Waals surface area contributed by atoms with Gasteiger partial charge in [-0.1, -0.05) is 18.2 Å². The smallest absolute Gasteiger partial charge is 0.219 e. The molecule has 1 spiro atoms. The Hall–Kier alpha value is -1.63. The molecule has 2 aliphatic heterocycles. The molecule has 4 atom stereocenters. The summed E-state index contributed by atoms with van der Waals surface area (Å²) in [7, 11) is 1.91. The molecule has 30 heavy (non-hydrogen) atoms. The second-order valence-electron chi connectivity index (χ2n) is 9.30. The van der Waals surface area contributed by atoms with Crippen LogP contribution in [0.4, 0.5) is 0 Å². The molecule has 166 valence electrons. The van der Waals surface area contributed by atoms with Crippen molar-refractivity contribution in [2.75, 3.05) is 26.7 Å². The average Bonchev–Trinajstić information content (AvgIpc) is 2.76. The molecule has 3 aliphatic rings. The minimum Gasteiger partial charge on any atom is -0.488 e. The van der Waals surface area contributed by atoms with E-state index >= 15 is 0 Å². The highest BCUT2D eigenvalue weighted by Crippen LogP contribution is 2.38. The molecule has 1 amide bonds. The molecule has 1 saturated carbocycles. The summed E-state index contributed by atoms with van der Waals surface area (Å²) >= 11 is 0. The van der Waals surface area contributed by atoms with Crippen LogP contribution in [0.3, 0.4) is 0 Å². The Morgan fingerprint density at radius 1 is 1.20 bits per heavy atom. The number of carbonyl (C=O) groups is 1. The van der Waals surface area contributed by atoms with Gasteiger partial charge in [-0.05, 0) is 57.1 Å². The van der Waals surface area contributed by atoms with Crippen molar-refractivity contribution in [3.05, 3.63) is 30.3 Å². The summed E-state index contributed by atoms with van der Waals surface area (Å²) in [6, 6.07) is 10.2. The lowest BCUT2D eigenvalue weighted by molar-refractivity contribution is -0.152. The fraction of sp³-hybridized carbons (Fsp3) is 0.708. The maximum absolute atomic E-state index is 11.8. The van der Waals surface area contributed by atoms with Gasteiger partial charge in [0, 0.05) is 45.8 Å². The molecule has 0 aromatic heterocycles. The van der Waals surface area contributed by atoms with E-state index < -0.39 is 6.10 Å². The van der Waals surface area contributed by atoms with Gasteiger partial charge < -0.3 is 19.5 Å². The number of nitrogens with zero attached hydrogens (tertiary/aromatic N) is 2. The predicted octanol–water partition coefficient (Wildman–Crippen LogP) is 2.84. The SMILES string of the molecule is CC(=O)N(C)[C@H]1CCOC2(CCN([C@H]3CCC[C@@H](Oc4ccccc4)[C@@H]3O)CC2)C1. The third kappa shape index (κ3) is 4.66. The third-order valence-electron chi connectivity index (χ3n) is 7.48. The van der Waals surface area contributed by atoms with E-state index in [0.29, 0.717) is 0 Å². The Kier molecular flexibility index (Phi) is 6.66. The molecular formula is C24H36N2O4. The molecule has 6 heteroatoms. The van der Waals surface area contributed by atoms with Gasteiger partial charge >= 0.3 is 0 Å². The number of likely N-dealkylation sites (tertiary alicyclic amines) is 1. The van der Waals surface area contributed by atoms with E-state index in [0.717, 1.165) is 70.4 Å². The van der Waals surface area contributed by atoms with Crippen LogP contribution in [0.2, 0.25) is 0 Å². The lowest BCUT2D eigenvalue weighted by Gasteiger charge is -2.50. The number of rotatable bonds is 4. The zero-order valence-corrected chi connectivity index (χ0v) is 18.3. The molecule has 1 aromatic carbocycles. The second kappa shape index (κ2) is 9.25. The Morgan fingerprint density at radius 3 is 2.63 bits per heavy atom. The van der Waals surface area contributed by atoms with Gasteiger partial charge in [0.1, 0.15) is 18.0 Å². The van der Waals surface area contributed by atoms with E-state index in [2.05, 4.69) is 4.90 Å². The lowest BCUT2D eigenvalue weighted by Crippen LogP contribution is -2.59. The van der Waals surface area contributed by atoms with Gasteiger partial charge in [-0.25, -0.2) is 0 Å². The van der Waals surface area contributed by atoms with Crippen molar-refractivity contribution in [2.45, 2.75) is 81.8 Å². The van der Waals surface area contributed by atoms with Crippen molar-refractivity contribution < 1.29 is 19.4 Å². The van der Waals surface area contributed by atoms with E-state index in [1.165, 1.54) is 0 Å². The zero-order chi connectivity index (χ0) is 21.1. The van der Waals surface area contributed by atoms with Gasteiger partial charge in [-0.15, -0.1) is 0 Å². The number of aliphatic hydroxyl groups is 1. The van der Waals surface area contributed by atoms with Crippen molar-refractivity contribution in [3.8, 4) is 5.75 Å². The van der Waals surface area contributed by atoms with Crippen LogP contribution in [0, 0.1) is 0 Å². The van der Waals surface area contributed by atoms with Crippen LogP contribution < -0.4 is 4.74 Å². The number of hydrogen-bond donors (Lipinski definition) is 1. The van der Waals surface area contributed by atoms with E-state index in [4.69, 9.17) is 9.47 Å². The van der Waals surface area contributed by atoms with Crippen molar-refractivity contribution in [2.24, 2.45) is 0 Å². The van der Waals surface area contributed by atoms with E-state index in [-0.39, 0.29) is 29.7 Å². The predicted molar refractivity (Wildman–Crippen MR) is 115 cm³/mol. The Bertz CT molecular complexity index is 704. The number of ether oxygens (including phenoxy) is 2. The molecule has 2 saturated heterocycles. The van der Waals surface area contributed by atoms with Crippen LogP contribution in [0.1, 0.15) is 51.9 Å². The molecule has 6 nitrogen and oxygen atoms in total.